The van der Waals surface area contributed by atoms with E-state index in [-0.39, 0.29) is 0 Å². The van der Waals surface area contributed by atoms with Gasteiger partial charge < -0.3 is 4.55 Å². The Morgan fingerprint density at radius 1 is 0.625 bits per heavy atom. The average Bonchev–Trinajstić information content (AvgIpc) is 2.96. The zero-order valence-corrected chi connectivity index (χ0v) is 23.0. The lowest BCUT2D eigenvalue weighted by Gasteiger charge is -2.24. The Morgan fingerprint density at radius 2 is 1.05 bits per heavy atom. The van der Waals surface area contributed by atoms with E-state index in [4.69, 9.17) is 13.0 Å². The Labute approximate surface area is 232 Å². The molecule has 0 aromatic heterocycles. The highest BCUT2D eigenvalue weighted by Crippen LogP contribution is 2.52. The zero-order chi connectivity index (χ0) is 28.8. The van der Waals surface area contributed by atoms with Gasteiger partial charge in [-0.1, -0.05) is 96.8 Å². The minimum Gasteiger partial charge on any atom is -0.741 e. The third-order valence-corrected chi connectivity index (χ3v) is 10.9. The molecule has 0 atom stereocenters. The first kappa shape index (κ1) is 29.0. The molecular formula is C32H24F3O3PS. The standard InChI is InChI=1S/C31H24P.CHF3O3S/c1-32(28-17-4-2-5-18-28,29-19-6-3-7-20-29)31-22-11-9-14-27(31)24-23-26-16-12-15-25-13-8-10-21-30(25)26;2-1(3,4)8(5,6)7/h2-22H,1H3;(H,5,6,7)/q+1;/p-1. The molecule has 0 N–H and O–H groups in total. The summed E-state index contributed by atoms with van der Waals surface area (Å²) in [5.74, 6) is 7.03. The van der Waals surface area contributed by atoms with Crippen molar-refractivity contribution in [3.8, 4) is 11.8 Å². The van der Waals surface area contributed by atoms with Crippen LogP contribution >= 0.6 is 7.26 Å². The van der Waals surface area contributed by atoms with Crippen LogP contribution in [0.15, 0.2) is 127 Å². The van der Waals surface area contributed by atoms with Gasteiger partial charge in [-0.25, -0.2) is 8.42 Å². The fourth-order valence-corrected chi connectivity index (χ4v) is 7.71. The van der Waals surface area contributed by atoms with Crippen molar-refractivity contribution in [2.45, 2.75) is 5.51 Å². The van der Waals surface area contributed by atoms with Gasteiger partial charge in [-0.05, 0) is 53.2 Å². The van der Waals surface area contributed by atoms with Crippen molar-refractivity contribution in [3.05, 3.63) is 139 Å². The maximum atomic E-state index is 10.7. The smallest absolute Gasteiger partial charge is 0.485 e. The van der Waals surface area contributed by atoms with Crippen LogP contribution in [-0.4, -0.2) is 25.1 Å². The summed E-state index contributed by atoms with van der Waals surface area (Å²) in [6, 6.07) is 45.2. The number of rotatable bonds is 3. The van der Waals surface area contributed by atoms with Crippen molar-refractivity contribution in [2.75, 3.05) is 6.66 Å². The highest BCUT2D eigenvalue weighted by molar-refractivity contribution is 7.95. The molecule has 0 heterocycles. The molecule has 3 nitrogen and oxygen atoms in total. The number of benzene rings is 5. The van der Waals surface area contributed by atoms with Crippen LogP contribution in [0.4, 0.5) is 13.2 Å². The predicted octanol–water partition coefficient (Wildman–Crippen LogP) is 6.21. The Bertz CT molecular complexity index is 1730. The Hall–Kier alpha value is -3.95. The molecule has 5 aromatic carbocycles. The van der Waals surface area contributed by atoms with Gasteiger partial charge in [0.1, 0.15) is 23.2 Å². The fraction of sp³-hybridized carbons (Fsp3) is 0.0625. The second-order valence-corrected chi connectivity index (χ2v) is 13.8. The van der Waals surface area contributed by atoms with Crippen LogP contribution in [-0.2, 0) is 10.1 Å². The van der Waals surface area contributed by atoms with Crippen molar-refractivity contribution >= 4 is 44.1 Å². The van der Waals surface area contributed by atoms with E-state index in [0.717, 1.165) is 11.1 Å². The summed E-state index contributed by atoms with van der Waals surface area (Å²) in [7, 11) is -7.93. The maximum Gasteiger partial charge on any atom is 0.485 e. The van der Waals surface area contributed by atoms with Crippen LogP contribution in [0.3, 0.4) is 0 Å². The molecule has 0 saturated heterocycles. The second-order valence-electron chi connectivity index (χ2n) is 8.87. The van der Waals surface area contributed by atoms with Gasteiger partial charge >= 0.3 is 5.51 Å². The molecule has 0 radical (unpaired) electrons. The first-order valence-electron chi connectivity index (χ1n) is 12.1. The minimum absolute atomic E-state index is 1.07. The van der Waals surface area contributed by atoms with Gasteiger partial charge in [0.15, 0.2) is 10.1 Å². The quantitative estimate of drug-likeness (QED) is 0.111. The summed E-state index contributed by atoms with van der Waals surface area (Å²) < 4.78 is 58.9. The summed E-state index contributed by atoms with van der Waals surface area (Å²) in [5.41, 5.74) is -3.48. The first-order valence-corrected chi connectivity index (χ1v) is 15.8. The lowest BCUT2D eigenvalue weighted by molar-refractivity contribution is -0.0517. The van der Waals surface area contributed by atoms with E-state index in [0.29, 0.717) is 0 Å². The normalized spacial score (nSPS) is 11.6. The summed E-state index contributed by atoms with van der Waals surface area (Å²) in [6.45, 7) is 2.41. The van der Waals surface area contributed by atoms with Crippen LogP contribution in [0.2, 0.25) is 0 Å². The Morgan fingerprint density at radius 3 is 1.62 bits per heavy atom. The second kappa shape index (κ2) is 12.1. The number of fused-ring (bicyclic) bond motifs is 1. The van der Waals surface area contributed by atoms with Crippen molar-refractivity contribution in [1.29, 1.82) is 0 Å². The zero-order valence-electron chi connectivity index (χ0n) is 21.3. The summed E-state index contributed by atoms with van der Waals surface area (Å²) >= 11 is 0. The number of halogens is 3. The summed E-state index contributed by atoms with van der Waals surface area (Å²) in [4.78, 5) is 0. The van der Waals surface area contributed by atoms with Gasteiger partial charge in [0.05, 0.1) is 12.2 Å². The average molecular weight is 577 g/mol. The highest BCUT2D eigenvalue weighted by atomic mass is 32.2. The van der Waals surface area contributed by atoms with E-state index in [9.17, 15) is 13.2 Å². The van der Waals surface area contributed by atoms with Crippen molar-refractivity contribution in [1.82, 2.24) is 0 Å². The van der Waals surface area contributed by atoms with Gasteiger partial charge in [0.2, 0.25) is 0 Å². The van der Waals surface area contributed by atoms with Crippen LogP contribution in [0.1, 0.15) is 11.1 Å². The van der Waals surface area contributed by atoms with E-state index in [2.05, 4.69) is 146 Å². The van der Waals surface area contributed by atoms with Gasteiger partial charge in [-0.3, -0.25) is 0 Å². The van der Waals surface area contributed by atoms with E-state index < -0.39 is 22.9 Å². The van der Waals surface area contributed by atoms with Gasteiger partial charge in [0, 0.05) is 5.56 Å². The largest absolute Gasteiger partial charge is 0.741 e. The third kappa shape index (κ3) is 6.43. The SMILES string of the molecule is C[P+](c1ccccc1)(c1ccccc1)c1ccccc1C#Cc1cccc2ccccc12.O=S(=O)([O-])C(F)(F)F. The van der Waals surface area contributed by atoms with E-state index in [1.165, 1.54) is 26.7 Å². The van der Waals surface area contributed by atoms with Crippen molar-refractivity contribution in [3.63, 3.8) is 0 Å². The van der Waals surface area contributed by atoms with Crippen LogP contribution < -0.4 is 15.9 Å². The topological polar surface area (TPSA) is 57.2 Å². The number of alkyl halides is 3. The molecular weight excluding hydrogens is 552 g/mol. The Balaban J connectivity index is 0.000000406. The first-order chi connectivity index (χ1) is 19.0. The highest BCUT2D eigenvalue weighted by Gasteiger charge is 2.41. The molecule has 0 aliphatic carbocycles. The molecule has 0 aliphatic rings. The molecule has 0 bridgehead atoms. The molecule has 0 amide bonds. The van der Waals surface area contributed by atoms with Crippen LogP contribution in [0.25, 0.3) is 10.8 Å². The van der Waals surface area contributed by atoms with Crippen LogP contribution in [0, 0.1) is 11.8 Å². The molecule has 0 unspecified atom stereocenters. The fourth-order valence-electron chi connectivity index (χ4n) is 4.32. The molecule has 0 aliphatic heterocycles. The van der Waals surface area contributed by atoms with Gasteiger partial charge in [-0.15, -0.1) is 0 Å². The van der Waals surface area contributed by atoms with Crippen molar-refractivity contribution < 1.29 is 26.1 Å². The third-order valence-electron chi connectivity index (χ3n) is 6.34. The van der Waals surface area contributed by atoms with Gasteiger partial charge in [0.25, 0.3) is 0 Å². The molecule has 202 valence electrons. The van der Waals surface area contributed by atoms with Crippen molar-refractivity contribution in [2.24, 2.45) is 0 Å². The minimum atomic E-state index is -6.09. The van der Waals surface area contributed by atoms with E-state index in [1.54, 1.807) is 0 Å². The monoisotopic (exact) mass is 576 g/mol. The predicted molar refractivity (Wildman–Crippen MR) is 157 cm³/mol. The Kier molecular flexibility index (Phi) is 8.76. The lowest BCUT2D eigenvalue weighted by atomic mass is 10.0. The van der Waals surface area contributed by atoms with Crippen LogP contribution in [0.5, 0.6) is 0 Å². The molecule has 40 heavy (non-hydrogen) atoms. The molecule has 5 aromatic rings. The molecule has 0 spiro atoms. The summed E-state index contributed by atoms with van der Waals surface area (Å²) in [6.07, 6.45) is 0. The molecule has 0 saturated carbocycles. The molecule has 5 rings (SSSR count). The molecule has 0 fully saturated rings. The summed E-state index contributed by atoms with van der Waals surface area (Å²) in [5, 5.41) is 6.48. The van der Waals surface area contributed by atoms with E-state index >= 15 is 0 Å². The molecule has 8 heteroatoms. The van der Waals surface area contributed by atoms with Gasteiger partial charge in [-0.2, -0.15) is 13.2 Å². The van der Waals surface area contributed by atoms with E-state index in [1.807, 2.05) is 0 Å². The number of hydrogen-bond donors (Lipinski definition) is 0. The number of hydrogen-bond acceptors (Lipinski definition) is 3. The lowest BCUT2D eigenvalue weighted by Crippen LogP contribution is -2.31. The maximum absolute atomic E-state index is 10.7.